The number of amides is 1. The molecule has 2 aromatic rings. The van der Waals surface area contributed by atoms with Crippen molar-refractivity contribution in [2.75, 3.05) is 18.9 Å². The topological polar surface area (TPSA) is 45.2 Å². The van der Waals surface area contributed by atoms with Crippen LogP contribution in [0.4, 0.5) is 5.13 Å². The number of hydrogen-bond acceptors (Lipinski definition) is 4. The van der Waals surface area contributed by atoms with Gasteiger partial charge in [0.25, 0.3) is 0 Å². The van der Waals surface area contributed by atoms with Gasteiger partial charge in [-0.1, -0.05) is 43.2 Å². The Morgan fingerprint density at radius 3 is 2.60 bits per heavy atom. The van der Waals surface area contributed by atoms with E-state index in [0.717, 1.165) is 30.6 Å². The van der Waals surface area contributed by atoms with Gasteiger partial charge in [0.05, 0.1) is 5.69 Å². The molecule has 0 bridgehead atoms. The van der Waals surface area contributed by atoms with Crippen LogP contribution in [0.3, 0.4) is 0 Å². The monoisotopic (exact) mass is 359 g/mol. The maximum Gasteiger partial charge on any atom is 0.226 e. The molecule has 0 aliphatic carbocycles. The van der Waals surface area contributed by atoms with Crippen LogP contribution in [0.25, 0.3) is 11.3 Å². The predicted molar refractivity (Wildman–Crippen MR) is 107 cm³/mol. The van der Waals surface area contributed by atoms with Gasteiger partial charge in [0.1, 0.15) is 0 Å². The van der Waals surface area contributed by atoms with Crippen molar-refractivity contribution >= 4 is 22.4 Å². The molecule has 0 atom stereocenters. The van der Waals surface area contributed by atoms with Crippen molar-refractivity contribution in [3.05, 3.63) is 35.7 Å². The zero-order chi connectivity index (χ0) is 18.1. The average molecular weight is 360 g/mol. The Morgan fingerprint density at radius 1 is 1.16 bits per heavy atom. The van der Waals surface area contributed by atoms with Gasteiger partial charge >= 0.3 is 0 Å². The van der Waals surface area contributed by atoms with Crippen LogP contribution in [0.5, 0.6) is 0 Å². The second-order valence-corrected chi connectivity index (χ2v) is 7.55. The average Bonchev–Trinajstić information content (AvgIpc) is 3.06. The van der Waals surface area contributed by atoms with Crippen molar-refractivity contribution in [1.29, 1.82) is 0 Å². The molecular weight excluding hydrogens is 330 g/mol. The normalized spacial score (nSPS) is 11.2. The lowest BCUT2D eigenvalue weighted by molar-refractivity contribution is -0.116. The molecule has 0 spiro atoms. The van der Waals surface area contributed by atoms with E-state index >= 15 is 0 Å². The molecule has 0 unspecified atom stereocenters. The highest BCUT2D eigenvalue weighted by Gasteiger charge is 2.08. The number of carbonyl (C=O) groups is 1. The van der Waals surface area contributed by atoms with Crippen LogP contribution in [-0.2, 0) is 4.79 Å². The van der Waals surface area contributed by atoms with E-state index in [1.165, 1.54) is 24.2 Å². The summed E-state index contributed by atoms with van der Waals surface area (Å²) in [6.45, 7) is 5.56. The molecule has 1 amide bonds. The molecule has 2 rings (SSSR count). The van der Waals surface area contributed by atoms with Crippen molar-refractivity contribution in [3.8, 4) is 11.3 Å². The van der Waals surface area contributed by atoms with Crippen LogP contribution in [0, 0.1) is 0 Å². The lowest BCUT2D eigenvalue weighted by atomic mass is 10.1. The van der Waals surface area contributed by atoms with Crippen LogP contribution in [0.1, 0.15) is 46.0 Å². The molecule has 136 valence electrons. The second-order valence-electron chi connectivity index (χ2n) is 6.69. The molecule has 25 heavy (non-hydrogen) atoms. The van der Waals surface area contributed by atoms with Gasteiger partial charge in [-0.25, -0.2) is 4.98 Å². The highest BCUT2D eigenvalue weighted by Crippen LogP contribution is 2.24. The van der Waals surface area contributed by atoms with Crippen LogP contribution in [0.2, 0.25) is 0 Å². The summed E-state index contributed by atoms with van der Waals surface area (Å²) >= 11 is 1.48. The molecular formula is C20H29N3OS. The minimum atomic E-state index is 0.0632. The minimum absolute atomic E-state index is 0.0632. The van der Waals surface area contributed by atoms with Crippen molar-refractivity contribution < 1.29 is 4.79 Å². The van der Waals surface area contributed by atoms with Crippen LogP contribution >= 0.6 is 11.3 Å². The lowest BCUT2D eigenvalue weighted by Gasteiger charge is -2.20. The van der Waals surface area contributed by atoms with Gasteiger partial charge in [0, 0.05) is 23.4 Å². The summed E-state index contributed by atoms with van der Waals surface area (Å²) in [5, 5.41) is 5.58. The number of rotatable bonds is 10. The maximum absolute atomic E-state index is 12.0. The molecule has 0 saturated heterocycles. The maximum atomic E-state index is 12.0. The number of nitrogens with zero attached hydrogens (tertiary/aromatic N) is 2. The summed E-state index contributed by atoms with van der Waals surface area (Å²) in [6, 6.07) is 10.6. The first-order chi connectivity index (χ1) is 12.1. The van der Waals surface area contributed by atoms with Crippen molar-refractivity contribution in [3.63, 3.8) is 0 Å². The molecule has 1 aromatic heterocycles. The molecule has 4 nitrogen and oxygen atoms in total. The largest absolute Gasteiger partial charge is 0.304 e. The van der Waals surface area contributed by atoms with E-state index in [9.17, 15) is 4.79 Å². The van der Waals surface area contributed by atoms with E-state index in [4.69, 9.17) is 0 Å². The van der Waals surface area contributed by atoms with Crippen LogP contribution < -0.4 is 5.32 Å². The van der Waals surface area contributed by atoms with Gasteiger partial charge < -0.3 is 10.2 Å². The molecule has 0 radical (unpaired) electrons. The van der Waals surface area contributed by atoms with Crippen LogP contribution in [0.15, 0.2) is 35.7 Å². The number of thiazole rings is 1. The molecule has 5 heteroatoms. The number of anilines is 1. The van der Waals surface area contributed by atoms with Crippen molar-refractivity contribution in [1.82, 2.24) is 9.88 Å². The van der Waals surface area contributed by atoms with Gasteiger partial charge in [0.2, 0.25) is 5.91 Å². The van der Waals surface area contributed by atoms with Crippen molar-refractivity contribution in [2.24, 2.45) is 0 Å². The fourth-order valence-electron chi connectivity index (χ4n) is 2.51. The Bertz CT molecular complexity index is 639. The Hall–Kier alpha value is -1.72. The van der Waals surface area contributed by atoms with Gasteiger partial charge in [-0.15, -0.1) is 11.3 Å². The molecule has 1 aromatic carbocycles. The van der Waals surface area contributed by atoms with Gasteiger partial charge in [-0.05, 0) is 40.3 Å². The Kier molecular flexibility index (Phi) is 8.09. The molecule has 0 aliphatic heterocycles. The Balaban J connectivity index is 1.63. The third-order valence-corrected chi connectivity index (χ3v) is 5.12. The third kappa shape index (κ3) is 6.96. The number of hydrogen-bond donors (Lipinski definition) is 1. The van der Waals surface area contributed by atoms with Gasteiger partial charge in [0.15, 0.2) is 5.13 Å². The summed E-state index contributed by atoms with van der Waals surface area (Å²) in [6.07, 6.45) is 4.99. The first-order valence-electron chi connectivity index (χ1n) is 9.07. The number of carbonyl (C=O) groups excluding carboxylic acids is 1. The summed E-state index contributed by atoms with van der Waals surface area (Å²) in [4.78, 5) is 18.9. The zero-order valence-corrected chi connectivity index (χ0v) is 16.3. The van der Waals surface area contributed by atoms with Gasteiger partial charge in [-0.3, -0.25) is 4.79 Å². The standard InChI is InChI=1S/C20H29N3OS/c1-16(2)23(3)14-10-5-4-9-13-19(24)22-20-21-18(15-25-20)17-11-7-6-8-12-17/h6-8,11-12,15-16H,4-5,9-10,13-14H2,1-3H3,(H,21,22,24). The minimum Gasteiger partial charge on any atom is -0.304 e. The number of nitrogens with one attached hydrogen (secondary N) is 1. The number of aromatic nitrogens is 1. The van der Waals surface area contributed by atoms with Crippen molar-refractivity contribution in [2.45, 2.75) is 52.0 Å². The molecule has 0 saturated carbocycles. The Labute approximate surface area is 155 Å². The molecule has 1 heterocycles. The van der Waals surface area contributed by atoms with E-state index in [1.807, 2.05) is 35.7 Å². The highest BCUT2D eigenvalue weighted by atomic mass is 32.1. The van der Waals surface area contributed by atoms with Gasteiger partial charge in [-0.2, -0.15) is 0 Å². The smallest absolute Gasteiger partial charge is 0.226 e. The molecule has 0 aliphatic rings. The fourth-order valence-corrected chi connectivity index (χ4v) is 3.25. The quantitative estimate of drug-likeness (QED) is 0.605. The lowest BCUT2D eigenvalue weighted by Crippen LogP contribution is -2.27. The first kappa shape index (κ1) is 19.6. The summed E-state index contributed by atoms with van der Waals surface area (Å²) < 4.78 is 0. The third-order valence-electron chi connectivity index (χ3n) is 4.37. The fraction of sp³-hybridized carbons (Fsp3) is 0.500. The SMILES string of the molecule is CC(C)N(C)CCCCCCC(=O)Nc1nc(-c2ccccc2)cs1. The zero-order valence-electron chi connectivity index (χ0n) is 15.5. The molecule has 0 fully saturated rings. The predicted octanol–water partition coefficient (Wildman–Crippen LogP) is 5.04. The molecule has 1 N–H and O–H groups in total. The first-order valence-corrected chi connectivity index (χ1v) is 9.95. The van der Waals surface area contributed by atoms with E-state index in [-0.39, 0.29) is 5.91 Å². The highest BCUT2D eigenvalue weighted by molar-refractivity contribution is 7.14. The van der Waals surface area contributed by atoms with E-state index in [0.29, 0.717) is 17.6 Å². The summed E-state index contributed by atoms with van der Waals surface area (Å²) in [7, 11) is 2.16. The number of benzene rings is 1. The summed E-state index contributed by atoms with van der Waals surface area (Å²) in [5.74, 6) is 0.0632. The summed E-state index contributed by atoms with van der Waals surface area (Å²) in [5.41, 5.74) is 1.99. The van der Waals surface area contributed by atoms with Crippen LogP contribution in [-0.4, -0.2) is 35.4 Å². The van der Waals surface area contributed by atoms with E-state index < -0.39 is 0 Å². The van der Waals surface area contributed by atoms with E-state index in [2.05, 4.69) is 36.1 Å². The van der Waals surface area contributed by atoms with E-state index in [1.54, 1.807) is 0 Å². The Morgan fingerprint density at radius 2 is 1.88 bits per heavy atom. The second kappa shape index (κ2) is 10.3. The number of unbranched alkanes of at least 4 members (excludes halogenated alkanes) is 3.